The predicted molar refractivity (Wildman–Crippen MR) is 98.7 cm³/mol. The van der Waals surface area contributed by atoms with Crippen LogP contribution in [-0.4, -0.2) is 28.7 Å². The number of hydrogen-bond acceptors (Lipinski definition) is 3. The largest absolute Gasteiger partial charge is 0.392 e. The van der Waals surface area contributed by atoms with E-state index in [2.05, 4.69) is 17.9 Å². The Morgan fingerprint density at radius 1 is 1.12 bits per heavy atom. The van der Waals surface area contributed by atoms with Crippen LogP contribution in [-0.2, 0) is 4.79 Å². The van der Waals surface area contributed by atoms with Gasteiger partial charge in [-0.2, -0.15) is 0 Å². The highest BCUT2D eigenvalue weighted by Crippen LogP contribution is 2.51. The summed E-state index contributed by atoms with van der Waals surface area (Å²) in [5, 5.41) is 20.8. The smallest absolute Gasteiger partial charge is 0.120 e. The van der Waals surface area contributed by atoms with Gasteiger partial charge in [-0.1, -0.05) is 42.8 Å². The lowest BCUT2D eigenvalue weighted by molar-refractivity contribution is -0.107. The summed E-state index contributed by atoms with van der Waals surface area (Å²) >= 11 is 0. The summed E-state index contributed by atoms with van der Waals surface area (Å²) in [6.07, 6.45) is 13.7. The molecule has 0 amide bonds. The SMILES string of the molecule is O=CCCCC=C1C[C@@H]2C(C#CC(O)C3CCCCC3)[C@H](O)CC[C@H]12. The van der Waals surface area contributed by atoms with Crippen LogP contribution in [0.15, 0.2) is 11.6 Å². The second-order valence-electron chi connectivity index (χ2n) is 8.15. The number of allylic oxidation sites excluding steroid dienone is 2. The average molecular weight is 344 g/mol. The topological polar surface area (TPSA) is 57.5 Å². The number of fused-ring (bicyclic) bond motifs is 1. The Bertz CT molecular complexity index is 535. The first-order valence-corrected chi connectivity index (χ1v) is 10.2. The van der Waals surface area contributed by atoms with Gasteiger partial charge in [0, 0.05) is 6.42 Å². The van der Waals surface area contributed by atoms with Gasteiger partial charge in [-0.15, -0.1) is 0 Å². The van der Waals surface area contributed by atoms with Crippen molar-refractivity contribution in [3.63, 3.8) is 0 Å². The number of carbonyl (C=O) groups is 1. The molecule has 3 fully saturated rings. The van der Waals surface area contributed by atoms with Crippen LogP contribution >= 0.6 is 0 Å². The molecule has 0 heterocycles. The Hall–Kier alpha value is -1.11. The van der Waals surface area contributed by atoms with Crippen LogP contribution in [0.25, 0.3) is 0 Å². The van der Waals surface area contributed by atoms with Crippen molar-refractivity contribution in [3.05, 3.63) is 11.6 Å². The second-order valence-corrected chi connectivity index (χ2v) is 8.15. The molecule has 3 nitrogen and oxygen atoms in total. The molecule has 2 N–H and O–H groups in total. The van der Waals surface area contributed by atoms with Gasteiger partial charge in [-0.25, -0.2) is 0 Å². The van der Waals surface area contributed by atoms with E-state index in [0.717, 1.165) is 51.2 Å². The molecule has 2 unspecified atom stereocenters. The quantitative estimate of drug-likeness (QED) is 0.346. The molecular weight excluding hydrogens is 312 g/mol. The molecule has 3 rings (SSSR count). The average Bonchev–Trinajstić information content (AvgIpc) is 2.62. The third-order valence-electron chi connectivity index (χ3n) is 6.54. The van der Waals surface area contributed by atoms with E-state index in [0.29, 0.717) is 24.2 Å². The minimum absolute atomic E-state index is 0.0177. The molecule has 5 atom stereocenters. The van der Waals surface area contributed by atoms with Crippen LogP contribution in [0.1, 0.15) is 70.6 Å². The first-order chi connectivity index (χ1) is 12.2. The van der Waals surface area contributed by atoms with Crippen LogP contribution in [0.3, 0.4) is 0 Å². The summed E-state index contributed by atoms with van der Waals surface area (Å²) in [5.41, 5.74) is 1.50. The standard InChI is InChI=1S/C22H32O3/c23-14-6-2-5-9-17-15-20-18(17)10-13-22(25)19(20)11-12-21(24)16-7-3-1-4-8-16/h9,14,16,18-22,24-25H,1-8,10,13,15H2/t18-,19?,20+,21?,22-/m1/s1. The fourth-order valence-electron chi connectivity index (χ4n) is 4.95. The molecule has 3 aliphatic carbocycles. The summed E-state index contributed by atoms with van der Waals surface area (Å²) < 4.78 is 0. The molecule has 0 spiro atoms. The molecule has 3 heteroatoms. The highest BCUT2D eigenvalue weighted by Gasteiger charge is 2.46. The van der Waals surface area contributed by atoms with Crippen LogP contribution in [0.5, 0.6) is 0 Å². The lowest BCUT2D eigenvalue weighted by atomic mass is 9.57. The van der Waals surface area contributed by atoms with E-state index in [9.17, 15) is 15.0 Å². The Balaban J connectivity index is 1.56. The van der Waals surface area contributed by atoms with Crippen LogP contribution < -0.4 is 0 Å². The first-order valence-electron chi connectivity index (χ1n) is 10.2. The van der Waals surface area contributed by atoms with E-state index in [-0.39, 0.29) is 12.0 Å². The Kier molecular flexibility index (Phi) is 6.73. The van der Waals surface area contributed by atoms with Gasteiger partial charge in [0.15, 0.2) is 0 Å². The van der Waals surface area contributed by atoms with Gasteiger partial charge in [0.25, 0.3) is 0 Å². The predicted octanol–water partition coefficient (Wildman–Crippen LogP) is 3.63. The molecule has 3 saturated carbocycles. The van der Waals surface area contributed by atoms with Crippen molar-refractivity contribution in [1.82, 2.24) is 0 Å². The normalized spacial score (nSPS) is 35.2. The molecule has 138 valence electrons. The van der Waals surface area contributed by atoms with E-state index >= 15 is 0 Å². The zero-order valence-corrected chi connectivity index (χ0v) is 15.2. The van der Waals surface area contributed by atoms with Gasteiger partial charge in [0.1, 0.15) is 12.4 Å². The monoisotopic (exact) mass is 344 g/mol. The van der Waals surface area contributed by atoms with Gasteiger partial charge >= 0.3 is 0 Å². The lowest BCUT2D eigenvalue weighted by Crippen LogP contribution is -2.44. The zero-order valence-electron chi connectivity index (χ0n) is 15.2. The third kappa shape index (κ3) is 4.54. The molecule has 0 bridgehead atoms. The van der Waals surface area contributed by atoms with Crippen molar-refractivity contribution in [3.8, 4) is 11.8 Å². The van der Waals surface area contributed by atoms with E-state index in [1.54, 1.807) is 0 Å². The molecule has 0 aromatic rings. The zero-order chi connectivity index (χ0) is 17.6. The van der Waals surface area contributed by atoms with Crippen molar-refractivity contribution in [2.75, 3.05) is 0 Å². The molecule has 0 saturated heterocycles. The second kappa shape index (κ2) is 9.01. The van der Waals surface area contributed by atoms with Gasteiger partial charge in [0.2, 0.25) is 0 Å². The summed E-state index contributed by atoms with van der Waals surface area (Å²) in [4.78, 5) is 10.4. The maximum Gasteiger partial charge on any atom is 0.120 e. The number of hydrogen-bond donors (Lipinski definition) is 2. The Morgan fingerprint density at radius 3 is 2.68 bits per heavy atom. The summed E-state index contributed by atoms with van der Waals surface area (Å²) in [7, 11) is 0. The molecule has 25 heavy (non-hydrogen) atoms. The van der Waals surface area contributed by atoms with Gasteiger partial charge in [-0.3, -0.25) is 0 Å². The number of aldehydes is 1. The number of aliphatic hydroxyl groups is 2. The highest BCUT2D eigenvalue weighted by atomic mass is 16.3. The summed E-state index contributed by atoms with van der Waals surface area (Å²) in [6, 6.07) is 0. The lowest BCUT2D eigenvalue weighted by Gasteiger charge is -2.48. The molecule has 0 aromatic carbocycles. The third-order valence-corrected chi connectivity index (χ3v) is 6.54. The van der Waals surface area contributed by atoms with Crippen molar-refractivity contribution in [2.24, 2.45) is 23.7 Å². The molecule has 3 aliphatic rings. The maximum absolute atomic E-state index is 10.4. The fourth-order valence-corrected chi connectivity index (χ4v) is 4.95. The summed E-state index contributed by atoms with van der Waals surface area (Å²) in [5.74, 6) is 7.73. The minimum Gasteiger partial charge on any atom is -0.392 e. The Labute approximate surface area is 151 Å². The van der Waals surface area contributed by atoms with E-state index < -0.39 is 6.10 Å². The van der Waals surface area contributed by atoms with Crippen LogP contribution in [0, 0.1) is 35.5 Å². The van der Waals surface area contributed by atoms with Gasteiger partial charge in [0.05, 0.1) is 12.0 Å². The van der Waals surface area contributed by atoms with E-state index in [1.807, 2.05) is 0 Å². The number of aliphatic hydroxyl groups excluding tert-OH is 2. The number of rotatable bonds is 5. The van der Waals surface area contributed by atoms with Crippen molar-refractivity contribution in [1.29, 1.82) is 0 Å². The van der Waals surface area contributed by atoms with Crippen molar-refractivity contribution in [2.45, 2.75) is 82.8 Å². The maximum atomic E-state index is 10.4. The fraction of sp³-hybridized carbons (Fsp3) is 0.773. The van der Waals surface area contributed by atoms with Crippen molar-refractivity contribution >= 4 is 6.29 Å². The van der Waals surface area contributed by atoms with Gasteiger partial charge in [-0.05, 0) is 62.7 Å². The van der Waals surface area contributed by atoms with E-state index in [4.69, 9.17) is 0 Å². The molecule has 0 aliphatic heterocycles. The molecular formula is C22H32O3. The molecule has 0 radical (unpaired) electrons. The number of unbranched alkanes of at least 4 members (excludes halogenated alkanes) is 2. The number of carbonyl (C=O) groups excluding carboxylic acids is 1. The first kappa shape index (κ1) is 18.7. The highest BCUT2D eigenvalue weighted by molar-refractivity contribution is 5.49. The van der Waals surface area contributed by atoms with Crippen LogP contribution in [0.2, 0.25) is 0 Å². The van der Waals surface area contributed by atoms with Gasteiger partial charge < -0.3 is 15.0 Å². The Morgan fingerprint density at radius 2 is 1.92 bits per heavy atom. The minimum atomic E-state index is -0.522. The van der Waals surface area contributed by atoms with Crippen LogP contribution in [0.4, 0.5) is 0 Å². The van der Waals surface area contributed by atoms with Crippen molar-refractivity contribution < 1.29 is 15.0 Å². The van der Waals surface area contributed by atoms with E-state index in [1.165, 1.54) is 24.8 Å². The summed E-state index contributed by atoms with van der Waals surface area (Å²) in [6.45, 7) is 0. The molecule has 0 aromatic heterocycles.